The Bertz CT molecular complexity index is 462. The topological polar surface area (TPSA) is 43.4 Å². The lowest BCUT2D eigenvalue weighted by Gasteiger charge is -2.21. The van der Waals surface area contributed by atoms with Gasteiger partial charge in [0.05, 0.1) is 12.7 Å². The highest BCUT2D eigenvalue weighted by Gasteiger charge is 2.32. The van der Waals surface area contributed by atoms with Crippen molar-refractivity contribution < 1.29 is 9.47 Å². The molecule has 112 valence electrons. The van der Waals surface area contributed by atoms with Crippen molar-refractivity contribution in [2.24, 2.45) is 0 Å². The summed E-state index contributed by atoms with van der Waals surface area (Å²) in [4.78, 5) is 4.56. The number of hydrogen-bond acceptors (Lipinski definition) is 4. The zero-order chi connectivity index (χ0) is 14.9. The Kier molecular flexibility index (Phi) is 4.47. The highest BCUT2D eigenvalue weighted by molar-refractivity contribution is 5.33. The minimum Gasteiger partial charge on any atom is -0.348 e. The molecule has 0 aliphatic carbocycles. The van der Waals surface area contributed by atoms with Gasteiger partial charge in [-0.1, -0.05) is 0 Å². The number of nitrogens with one attached hydrogen (secondary N) is 1. The van der Waals surface area contributed by atoms with E-state index in [1.54, 1.807) is 0 Å². The molecule has 1 N–H and O–H groups in total. The summed E-state index contributed by atoms with van der Waals surface area (Å²) in [6.45, 7) is 13.8. The second kappa shape index (κ2) is 5.80. The Hall–Kier alpha value is -0.970. The standard InChI is InChI=1S/C16H26N2O2/c1-10-7-11(2)18-13(4)15(10)12(3)17-8-14-9-19-16(5,6)20-14/h7,12,14,17H,8-9H2,1-6H3. The number of aryl methyl sites for hydroxylation is 3. The molecule has 0 spiro atoms. The molecule has 1 fully saturated rings. The van der Waals surface area contributed by atoms with Crippen molar-refractivity contribution in [2.45, 2.75) is 59.5 Å². The first-order valence-electron chi connectivity index (χ1n) is 7.28. The molecular formula is C16H26N2O2. The first kappa shape index (κ1) is 15.4. The molecule has 0 radical (unpaired) electrons. The summed E-state index contributed by atoms with van der Waals surface area (Å²) < 4.78 is 11.4. The van der Waals surface area contributed by atoms with Crippen LogP contribution in [0.1, 0.15) is 49.3 Å². The Labute approximate surface area is 121 Å². The fourth-order valence-corrected chi connectivity index (χ4v) is 2.96. The van der Waals surface area contributed by atoms with Gasteiger partial charge in [0, 0.05) is 24.0 Å². The van der Waals surface area contributed by atoms with Crippen molar-refractivity contribution in [1.29, 1.82) is 0 Å². The molecule has 1 aliphatic rings. The zero-order valence-electron chi connectivity index (χ0n) is 13.4. The fraction of sp³-hybridized carbons (Fsp3) is 0.688. The molecule has 2 atom stereocenters. The van der Waals surface area contributed by atoms with E-state index < -0.39 is 5.79 Å². The van der Waals surface area contributed by atoms with Crippen LogP contribution in [-0.2, 0) is 9.47 Å². The summed E-state index contributed by atoms with van der Waals surface area (Å²) >= 11 is 0. The lowest BCUT2D eigenvalue weighted by atomic mass is 10.0. The van der Waals surface area contributed by atoms with Crippen LogP contribution in [-0.4, -0.2) is 30.0 Å². The quantitative estimate of drug-likeness (QED) is 0.919. The van der Waals surface area contributed by atoms with Crippen LogP contribution in [0, 0.1) is 20.8 Å². The molecule has 4 heteroatoms. The molecule has 0 saturated carbocycles. The number of nitrogens with zero attached hydrogens (tertiary/aromatic N) is 1. The first-order valence-corrected chi connectivity index (χ1v) is 7.28. The molecule has 4 nitrogen and oxygen atoms in total. The van der Waals surface area contributed by atoms with Gasteiger partial charge >= 0.3 is 0 Å². The van der Waals surface area contributed by atoms with Crippen molar-refractivity contribution in [3.63, 3.8) is 0 Å². The summed E-state index contributed by atoms with van der Waals surface area (Å²) in [7, 11) is 0. The molecule has 1 saturated heterocycles. The predicted molar refractivity (Wildman–Crippen MR) is 79.8 cm³/mol. The molecule has 1 aromatic heterocycles. The normalized spacial score (nSPS) is 23.0. The van der Waals surface area contributed by atoms with E-state index in [1.807, 2.05) is 20.8 Å². The Morgan fingerprint density at radius 2 is 2.10 bits per heavy atom. The lowest BCUT2D eigenvalue weighted by molar-refractivity contribution is -0.137. The number of aromatic nitrogens is 1. The number of ether oxygens (including phenoxy) is 2. The van der Waals surface area contributed by atoms with Gasteiger partial charge in [-0.3, -0.25) is 4.98 Å². The van der Waals surface area contributed by atoms with Crippen LogP contribution in [0.25, 0.3) is 0 Å². The van der Waals surface area contributed by atoms with Crippen LogP contribution in [0.5, 0.6) is 0 Å². The molecule has 0 aromatic carbocycles. The largest absolute Gasteiger partial charge is 0.348 e. The number of pyridine rings is 1. The van der Waals surface area contributed by atoms with Gasteiger partial charge in [0.15, 0.2) is 5.79 Å². The SMILES string of the molecule is Cc1cc(C)c(C(C)NCC2COC(C)(C)O2)c(C)n1. The van der Waals surface area contributed by atoms with Crippen LogP contribution in [0.4, 0.5) is 0 Å². The van der Waals surface area contributed by atoms with E-state index in [9.17, 15) is 0 Å². The van der Waals surface area contributed by atoms with Gasteiger partial charge in [0.25, 0.3) is 0 Å². The number of hydrogen-bond donors (Lipinski definition) is 1. The van der Waals surface area contributed by atoms with E-state index in [1.165, 1.54) is 11.1 Å². The zero-order valence-corrected chi connectivity index (χ0v) is 13.4. The molecule has 0 bridgehead atoms. The van der Waals surface area contributed by atoms with Crippen LogP contribution in [0.15, 0.2) is 6.07 Å². The van der Waals surface area contributed by atoms with E-state index in [-0.39, 0.29) is 12.1 Å². The molecule has 1 aliphatic heterocycles. The van der Waals surface area contributed by atoms with Crippen LogP contribution >= 0.6 is 0 Å². The van der Waals surface area contributed by atoms with Gasteiger partial charge in [0.1, 0.15) is 0 Å². The van der Waals surface area contributed by atoms with Crippen LogP contribution < -0.4 is 5.32 Å². The van der Waals surface area contributed by atoms with Crippen LogP contribution in [0.2, 0.25) is 0 Å². The molecule has 2 rings (SSSR count). The van der Waals surface area contributed by atoms with E-state index >= 15 is 0 Å². The van der Waals surface area contributed by atoms with Crippen molar-refractivity contribution in [2.75, 3.05) is 13.2 Å². The Balaban J connectivity index is 1.97. The summed E-state index contributed by atoms with van der Waals surface area (Å²) in [5, 5.41) is 3.53. The minimum atomic E-state index is -0.452. The molecule has 0 amide bonds. The Morgan fingerprint density at radius 3 is 2.65 bits per heavy atom. The molecule has 2 heterocycles. The van der Waals surface area contributed by atoms with Gasteiger partial charge in [-0.05, 0) is 58.7 Å². The van der Waals surface area contributed by atoms with E-state index in [0.717, 1.165) is 17.9 Å². The molecule has 20 heavy (non-hydrogen) atoms. The average Bonchev–Trinajstić information content (AvgIpc) is 2.65. The van der Waals surface area contributed by atoms with Gasteiger partial charge in [0.2, 0.25) is 0 Å². The summed E-state index contributed by atoms with van der Waals surface area (Å²) in [6, 6.07) is 2.40. The summed E-state index contributed by atoms with van der Waals surface area (Å²) in [5.74, 6) is -0.452. The van der Waals surface area contributed by atoms with E-state index in [0.29, 0.717) is 6.61 Å². The van der Waals surface area contributed by atoms with E-state index in [2.05, 4.69) is 37.1 Å². The second-order valence-corrected chi connectivity index (χ2v) is 6.16. The molecular weight excluding hydrogens is 252 g/mol. The summed E-state index contributed by atoms with van der Waals surface area (Å²) in [6.07, 6.45) is 0.117. The van der Waals surface area contributed by atoms with E-state index in [4.69, 9.17) is 9.47 Å². The summed E-state index contributed by atoms with van der Waals surface area (Å²) in [5.41, 5.74) is 4.75. The fourth-order valence-electron chi connectivity index (χ4n) is 2.96. The van der Waals surface area contributed by atoms with Crippen molar-refractivity contribution in [3.8, 4) is 0 Å². The van der Waals surface area contributed by atoms with Crippen molar-refractivity contribution in [1.82, 2.24) is 10.3 Å². The van der Waals surface area contributed by atoms with Gasteiger partial charge in [-0.25, -0.2) is 0 Å². The number of rotatable bonds is 4. The average molecular weight is 278 g/mol. The highest BCUT2D eigenvalue weighted by atomic mass is 16.7. The third-order valence-electron chi connectivity index (χ3n) is 3.74. The Morgan fingerprint density at radius 1 is 1.40 bits per heavy atom. The van der Waals surface area contributed by atoms with Gasteiger partial charge < -0.3 is 14.8 Å². The molecule has 1 aromatic rings. The third-order valence-corrected chi connectivity index (χ3v) is 3.74. The predicted octanol–water partition coefficient (Wildman–Crippen LogP) is 2.81. The van der Waals surface area contributed by atoms with Crippen molar-refractivity contribution >= 4 is 0 Å². The molecule has 2 unspecified atom stereocenters. The lowest BCUT2D eigenvalue weighted by Crippen LogP contribution is -2.32. The highest BCUT2D eigenvalue weighted by Crippen LogP contribution is 2.24. The van der Waals surface area contributed by atoms with Crippen molar-refractivity contribution in [3.05, 3.63) is 28.6 Å². The smallest absolute Gasteiger partial charge is 0.163 e. The monoisotopic (exact) mass is 278 g/mol. The minimum absolute atomic E-state index is 0.117. The maximum absolute atomic E-state index is 5.81. The second-order valence-electron chi connectivity index (χ2n) is 6.16. The first-order chi connectivity index (χ1) is 9.28. The third kappa shape index (κ3) is 3.57. The maximum Gasteiger partial charge on any atom is 0.163 e. The van der Waals surface area contributed by atoms with Gasteiger partial charge in [-0.2, -0.15) is 0 Å². The van der Waals surface area contributed by atoms with Crippen LogP contribution in [0.3, 0.4) is 0 Å². The van der Waals surface area contributed by atoms with Gasteiger partial charge in [-0.15, -0.1) is 0 Å². The maximum atomic E-state index is 5.81.